The van der Waals surface area contributed by atoms with E-state index in [1.165, 1.54) is 17.9 Å². The van der Waals surface area contributed by atoms with Crippen LogP contribution in [-0.4, -0.2) is 46.4 Å². The molecule has 0 radical (unpaired) electrons. The van der Waals surface area contributed by atoms with Crippen molar-refractivity contribution in [3.05, 3.63) is 69.0 Å². The molecule has 11 heteroatoms. The van der Waals surface area contributed by atoms with Crippen molar-refractivity contribution in [2.45, 2.75) is 13.0 Å². The third kappa shape index (κ3) is 4.26. The van der Waals surface area contributed by atoms with Gasteiger partial charge in [0.2, 0.25) is 5.91 Å². The van der Waals surface area contributed by atoms with Crippen LogP contribution in [0.3, 0.4) is 0 Å². The molecule has 1 aliphatic heterocycles. The monoisotopic (exact) mass is 439 g/mol. The van der Waals surface area contributed by atoms with E-state index in [1.807, 2.05) is 0 Å². The first-order valence-corrected chi connectivity index (χ1v) is 9.64. The van der Waals surface area contributed by atoms with Gasteiger partial charge in [0.05, 0.1) is 18.8 Å². The first-order chi connectivity index (χ1) is 15.3. The molecule has 0 bridgehead atoms. The van der Waals surface area contributed by atoms with Crippen molar-refractivity contribution in [1.82, 2.24) is 20.5 Å². The summed E-state index contributed by atoms with van der Waals surface area (Å²) in [6.45, 7) is 1.74. The van der Waals surface area contributed by atoms with Crippen LogP contribution in [0.5, 0.6) is 0 Å². The van der Waals surface area contributed by atoms with E-state index in [0.717, 1.165) is 0 Å². The Bertz CT molecular complexity index is 1300. The number of hydrogen-bond donors (Lipinski definition) is 3. The minimum atomic E-state index is -0.851. The molecular formula is C21H18FN5O5. The van der Waals surface area contributed by atoms with Crippen molar-refractivity contribution in [2.24, 2.45) is 0 Å². The number of nitrogens with one attached hydrogen (secondary N) is 3. The van der Waals surface area contributed by atoms with E-state index in [2.05, 4.69) is 20.5 Å². The number of amides is 2. The maximum Gasteiger partial charge on any atom is 0.414 e. The molecule has 1 aliphatic rings. The Morgan fingerprint density at radius 2 is 1.88 bits per heavy atom. The fourth-order valence-electron chi connectivity index (χ4n) is 3.30. The van der Waals surface area contributed by atoms with Gasteiger partial charge in [0.1, 0.15) is 11.9 Å². The molecule has 1 aromatic heterocycles. The van der Waals surface area contributed by atoms with Crippen LogP contribution in [-0.2, 0) is 9.53 Å². The van der Waals surface area contributed by atoms with Crippen molar-refractivity contribution >= 4 is 17.7 Å². The van der Waals surface area contributed by atoms with Crippen LogP contribution in [0.15, 0.2) is 52.1 Å². The van der Waals surface area contributed by atoms with Gasteiger partial charge in [-0.05, 0) is 23.8 Å². The molecule has 3 aromatic rings. The zero-order valence-corrected chi connectivity index (χ0v) is 16.8. The normalized spacial score (nSPS) is 15.5. The Hall–Kier alpha value is -4.28. The van der Waals surface area contributed by atoms with Crippen LogP contribution in [0, 0.1) is 5.82 Å². The van der Waals surface area contributed by atoms with E-state index in [1.54, 1.807) is 36.4 Å². The minimum Gasteiger partial charge on any atom is -0.442 e. The third-order valence-corrected chi connectivity index (χ3v) is 4.89. The predicted octanol–water partition coefficient (Wildman–Crippen LogP) is 1.39. The number of carbonyl (C=O) groups is 2. The molecule has 1 atom stereocenters. The smallest absolute Gasteiger partial charge is 0.414 e. The predicted molar refractivity (Wildman–Crippen MR) is 113 cm³/mol. The van der Waals surface area contributed by atoms with Gasteiger partial charge in [0.15, 0.2) is 5.82 Å². The van der Waals surface area contributed by atoms with Gasteiger partial charge in [-0.25, -0.2) is 14.3 Å². The van der Waals surface area contributed by atoms with Crippen LogP contribution >= 0.6 is 0 Å². The lowest BCUT2D eigenvalue weighted by Gasteiger charge is -2.14. The Balaban J connectivity index is 1.53. The molecule has 3 N–H and O–H groups in total. The Morgan fingerprint density at radius 1 is 1.16 bits per heavy atom. The summed E-state index contributed by atoms with van der Waals surface area (Å²) in [4.78, 5) is 49.4. The topological polar surface area (TPSA) is 137 Å². The van der Waals surface area contributed by atoms with E-state index in [0.29, 0.717) is 22.4 Å². The second-order valence-electron chi connectivity index (χ2n) is 7.15. The van der Waals surface area contributed by atoms with Crippen LogP contribution in [0.2, 0.25) is 0 Å². The van der Waals surface area contributed by atoms with Crippen molar-refractivity contribution in [2.75, 3.05) is 18.0 Å². The standard InChI is InChI=1S/C21H18FN5O5/c1-11(28)23-9-15-10-27(21(31)32-15)14-6-7-16(17(22)8-14)12-2-4-13(5-3-12)18-24-19(29)20(30)26-25-18/h2-8,15H,9-10H2,1H3,(H,23,28)(H,26,30)(H,24,25,29)/t15-/m0/s1. The Labute approximate surface area is 180 Å². The number of H-pyrrole nitrogens is 2. The van der Waals surface area contributed by atoms with Crippen molar-refractivity contribution in [3.63, 3.8) is 0 Å². The number of hydrogen-bond acceptors (Lipinski definition) is 6. The first kappa shape index (κ1) is 21.0. The second-order valence-corrected chi connectivity index (χ2v) is 7.15. The zero-order valence-electron chi connectivity index (χ0n) is 16.8. The summed E-state index contributed by atoms with van der Waals surface area (Å²) in [5.41, 5.74) is 0.0800. The van der Waals surface area contributed by atoms with Crippen molar-refractivity contribution in [1.29, 1.82) is 0 Å². The van der Waals surface area contributed by atoms with Crippen LogP contribution in [0.4, 0.5) is 14.9 Å². The number of benzene rings is 2. The molecular weight excluding hydrogens is 421 g/mol. The van der Waals surface area contributed by atoms with Crippen LogP contribution in [0.25, 0.3) is 22.5 Å². The number of ether oxygens (including phenoxy) is 1. The first-order valence-electron chi connectivity index (χ1n) is 9.64. The lowest BCUT2D eigenvalue weighted by Crippen LogP contribution is -2.33. The average Bonchev–Trinajstić information content (AvgIpc) is 3.15. The average molecular weight is 439 g/mol. The highest BCUT2D eigenvalue weighted by Crippen LogP contribution is 2.30. The SMILES string of the molecule is CC(=O)NC[C@H]1CN(c2ccc(-c3ccc(-c4n[nH]c(=O)c(=O)[nH]4)cc3)c(F)c2)C(=O)O1. The van der Waals surface area contributed by atoms with E-state index in [-0.39, 0.29) is 24.8 Å². The molecule has 1 fully saturated rings. The molecule has 0 saturated carbocycles. The summed E-state index contributed by atoms with van der Waals surface area (Å²) in [5, 5.41) is 8.47. The quantitative estimate of drug-likeness (QED) is 0.514. The number of aromatic amines is 2. The van der Waals surface area contributed by atoms with Crippen molar-refractivity contribution < 1.29 is 18.7 Å². The third-order valence-electron chi connectivity index (χ3n) is 4.89. The van der Waals surface area contributed by atoms with Crippen molar-refractivity contribution in [3.8, 4) is 22.5 Å². The number of anilines is 1. The molecule has 2 aromatic carbocycles. The summed E-state index contributed by atoms with van der Waals surface area (Å²) in [7, 11) is 0. The number of rotatable bonds is 5. The van der Waals surface area contributed by atoms with Gasteiger partial charge >= 0.3 is 17.2 Å². The van der Waals surface area contributed by atoms with Gasteiger partial charge in [-0.1, -0.05) is 24.3 Å². The number of carbonyl (C=O) groups excluding carboxylic acids is 2. The molecule has 1 saturated heterocycles. The van der Waals surface area contributed by atoms with E-state index >= 15 is 0 Å². The summed E-state index contributed by atoms with van der Waals surface area (Å²) < 4.78 is 20.1. The number of nitrogens with zero attached hydrogens (tertiary/aromatic N) is 2. The summed E-state index contributed by atoms with van der Waals surface area (Å²) >= 11 is 0. The summed E-state index contributed by atoms with van der Waals surface area (Å²) in [6, 6.07) is 10.9. The zero-order chi connectivity index (χ0) is 22.8. The molecule has 2 amide bonds. The minimum absolute atomic E-state index is 0.179. The fraction of sp³-hybridized carbons (Fsp3) is 0.190. The molecule has 0 aliphatic carbocycles. The van der Waals surface area contributed by atoms with Gasteiger partial charge in [-0.3, -0.25) is 19.3 Å². The highest BCUT2D eigenvalue weighted by Gasteiger charge is 2.32. The van der Waals surface area contributed by atoms with Gasteiger partial charge < -0.3 is 15.0 Å². The lowest BCUT2D eigenvalue weighted by atomic mass is 10.0. The van der Waals surface area contributed by atoms with Gasteiger partial charge in [-0.15, -0.1) is 0 Å². The van der Waals surface area contributed by atoms with E-state index in [4.69, 9.17) is 4.74 Å². The van der Waals surface area contributed by atoms with Gasteiger partial charge in [-0.2, -0.15) is 5.10 Å². The number of halogens is 1. The fourth-order valence-corrected chi connectivity index (χ4v) is 3.30. The van der Waals surface area contributed by atoms with Gasteiger partial charge in [0.25, 0.3) is 0 Å². The molecule has 0 spiro atoms. The maximum atomic E-state index is 14.9. The highest BCUT2D eigenvalue weighted by atomic mass is 19.1. The number of cyclic esters (lactones) is 1. The Morgan fingerprint density at radius 3 is 2.53 bits per heavy atom. The van der Waals surface area contributed by atoms with Crippen LogP contribution in [0.1, 0.15) is 6.92 Å². The van der Waals surface area contributed by atoms with Gasteiger partial charge in [0, 0.05) is 18.1 Å². The highest BCUT2D eigenvalue weighted by molar-refractivity contribution is 5.90. The second kappa shape index (κ2) is 8.46. The van der Waals surface area contributed by atoms with E-state index < -0.39 is 29.1 Å². The number of aromatic nitrogens is 3. The largest absolute Gasteiger partial charge is 0.442 e. The maximum absolute atomic E-state index is 14.9. The molecule has 164 valence electrons. The van der Waals surface area contributed by atoms with Crippen LogP contribution < -0.4 is 21.3 Å². The molecule has 4 rings (SSSR count). The Kier molecular flexibility index (Phi) is 5.54. The summed E-state index contributed by atoms with van der Waals surface area (Å²) in [5.74, 6) is -0.592. The molecule has 10 nitrogen and oxygen atoms in total. The van der Waals surface area contributed by atoms with E-state index in [9.17, 15) is 23.6 Å². The molecule has 0 unspecified atom stereocenters. The summed E-state index contributed by atoms with van der Waals surface area (Å²) in [6.07, 6.45) is -1.13. The molecule has 2 heterocycles. The lowest BCUT2D eigenvalue weighted by molar-refractivity contribution is -0.119. The molecule has 32 heavy (non-hydrogen) atoms.